The SMILES string of the molecule is CCOC(=O)[C@H]1/C(=C\S(=O)(=O)c2ccc(Cl)cc2)NC(=O)N[C@H]1c1ccccc1OC. The molecule has 1 aliphatic rings. The lowest BCUT2D eigenvalue weighted by Crippen LogP contribution is -2.51. The molecule has 0 spiro atoms. The topological polar surface area (TPSA) is 111 Å². The van der Waals surface area contributed by atoms with Gasteiger partial charge in [0, 0.05) is 16.3 Å². The molecule has 0 saturated carbocycles. The van der Waals surface area contributed by atoms with Crippen LogP contribution in [0.4, 0.5) is 4.79 Å². The van der Waals surface area contributed by atoms with Gasteiger partial charge in [-0.15, -0.1) is 0 Å². The van der Waals surface area contributed by atoms with Gasteiger partial charge < -0.3 is 20.1 Å². The Morgan fingerprint density at radius 3 is 2.48 bits per heavy atom. The van der Waals surface area contributed by atoms with Crippen LogP contribution in [-0.2, 0) is 19.4 Å². The summed E-state index contributed by atoms with van der Waals surface area (Å²) < 4.78 is 36.4. The fraction of sp³-hybridized carbons (Fsp3) is 0.238. The van der Waals surface area contributed by atoms with Crippen LogP contribution in [0, 0.1) is 5.92 Å². The van der Waals surface area contributed by atoms with Crippen molar-refractivity contribution in [3.8, 4) is 5.75 Å². The summed E-state index contributed by atoms with van der Waals surface area (Å²) in [7, 11) is -2.54. The van der Waals surface area contributed by atoms with E-state index in [0.717, 1.165) is 5.41 Å². The van der Waals surface area contributed by atoms with E-state index in [0.29, 0.717) is 16.3 Å². The molecule has 0 radical (unpaired) electrons. The Morgan fingerprint density at radius 1 is 1.16 bits per heavy atom. The van der Waals surface area contributed by atoms with Crippen LogP contribution in [0.15, 0.2) is 64.5 Å². The van der Waals surface area contributed by atoms with Gasteiger partial charge in [0.25, 0.3) is 0 Å². The Kier molecular flexibility index (Phi) is 6.87. The van der Waals surface area contributed by atoms with E-state index in [-0.39, 0.29) is 17.2 Å². The molecule has 2 atom stereocenters. The minimum absolute atomic E-state index is 0.0337. The summed E-state index contributed by atoms with van der Waals surface area (Å²) in [6, 6.07) is 10.8. The third-order valence-electron chi connectivity index (χ3n) is 4.65. The third kappa shape index (κ3) is 5.00. The zero-order valence-corrected chi connectivity index (χ0v) is 18.4. The molecule has 1 heterocycles. The Labute approximate surface area is 185 Å². The average Bonchev–Trinajstić information content (AvgIpc) is 2.73. The number of nitrogens with one attached hydrogen (secondary N) is 2. The van der Waals surface area contributed by atoms with E-state index in [9.17, 15) is 18.0 Å². The lowest BCUT2D eigenvalue weighted by molar-refractivity contribution is -0.147. The van der Waals surface area contributed by atoms with Gasteiger partial charge in [-0.05, 0) is 37.3 Å². The number of sulfone groups is 1. The van der Waals surface area contributed by atoms with Gasteiger partial charge in [-0.25, -0.2) is 13.2 Å². The normalized spacial score (nSPS) is 20.0. The summed E-state index contributed by atoms with van der Waals surface area (Å²) in [5, 5.41) is 6.37. The first kappa shape index (κ1) is 22.6. The van der Waals surface area contributed by atoms with Crippen molar-refractivity contribution in [2.45, 2.75) is 17.9 Å². The quantitative estimate of drug-likeness (QED) is 0.635. The monoisotopic (exact) mass is 464 g/mol. The second-order valence-electron chi connectivity index (χ2n) is 6.62. The average molecular weight is 465 g/mol. The molecule has 1 aliphatic heterocycles. The van der Waals surface area contributed by atoms with Gasteiger partial charge >= 0.3 is 12.0 Å². The van der Waals surface area contributed by atoms with E-state index in [1.807, 2.05) is 0 Å². The number of hydrogen-bond acceptors (Lipinski definition) is 6. The molecule has 0 bridgehead atoms. The summed E-state index contributed by atoms with van der Waals surface area (Å²) in [6.07, 6.45) is 0. The second kappa shape index (κ2) is 9.40. The molecule has 31 heavy (non-hydrogen) atoms. The van der Waals surface area contributed by atoms with Crippen LogP contribution in [0.1, 0.15) is 18.5 Å². The molecule has 10 heteroatoms. The zero-order valence-electron chi connectivity index (χ0n) is 16.8. The molecule has 0 unspecified atom stereocenters. The van der Waals surface area contributed by atoms with Gasteiger partial charge in [0.1, 0.15) is 11.7 Å². The largest absolute Gasteiger partial charge is 0.496 e. The maximum absolute atomic E-state index is 12.9. The predicted molar refractivity (Wildman–Crippen MR) is 114 cm³/mol. The maximum Gasteiger partial charge on any atom is 0.319 e. The van der Waals surface area contributed by atoms with E-state index in [4.69, 9.17) is 21.1 Å². The minimum atomic E-state index is -4.00. The molecule has 2 aromatic carbocycles. The summed E-state index contributed by atoms with van der Waals surface area (Å²) >= 11 is 5.84. The first-order chi connectivity index (χ1) is 14.8. The van der Waals surface area contributed by atoms with Crippen LogP contribution in [0.3, 0.4) is 0 Å². The van der Waals surface area contributed by atoms with Crippen LogP contribution < -0.4 is 15.4 Å². The number of amides is 2. The van der Waals surface area contributed by atoms with E-state index in [1.165, 1.54) is 31.4 Å². The highest BCUT2D eigenvalue weighted by Crippen LogP contribution is 2.36. The molecular weight excluding hydrogens is 444 g/mol. The first-order valence-electron chi connectivity index (χ1n) is 9.36. The Hall–Kier alpha value is -3.04. The summed E-state index contributed by atoms with van der Waals surface area (Å²) in [5.41, 5.74) is 0.403. The van der Waals surface area contributed by atoms with Gasteiger partial charge in [-0.1, -0.05) is 29.8 Å². The Bertz CT molecular complexity index is 1110. The van der Waals surface area contributed by atoms with E-state index >= 15 is 0 Å². The van der Waals surface area contributed by atoms with Crippen LogP contribution >= 0.6 is 11.6 Å². The van der Waals surface area contributed by atoms with Crippen LogP contribution in [0.2, 0.25) is 5.02 Å². The summed E-state index contributed by atoms with van der Waals surface area (Å²) in [4.78, 5) is 25.2. The number of urea groups is 1. The highest BCUT2D eigenvalue weighted by Gasteiger charge is 2.41. The number of ether oxygens (including phenoxy) is 2. The van der Waals surface area contributed by atoms with Gasteiger partial charge in [-0.3, -0.25) is 4.79 Å². The van der Waals surface area contributed by atoms with Crippen molar-refractivity contribution in [2.75, 3.05) is 13.7 Å². The van der Waals surface area contributed by atoms with Crippen LogP contribution in [0.5, 0.6) is 5.75 Å². The molecule has 2 N–H and O–H groups in total. The van der Waals surface area contributed by atoms with Crippen LogP contribution in [0.25, 0.3) is 0 Å². The lowest BCUT2D eigenvalue weighted by Gasteiger charge is -2.34. The molecule has 1 saturated heterocycles. The zero-order chi connectivity index (χ0) is 22.6. The number of esters is 1. The van der Waals surface area contributed by atoms with Crippen molar-refractivity contribution >= 4 is 33.4 Å². The standard InChI is InChI=1S/C21H21ClN2O6S/c1-3-30-20(25)18-16(12-31(27,28)14-10-8-13(22)9-11-14)23-21(26)24-19(18)15-6-4-5-7-17(15)29-2/h4-12,18-19H,3H2,1-2H3,(H2,23,24,26)/b16-12+/t18-,19-/m0/s1. The summed E-state index contributed by atoms with van der Waals surface area (Å²) in [6.45, 7) is 1.72. The van der Waals surface area contributed by atoms with Gasteiger partial charge in [0.15, 0.2) is 0 Å². The number of carbonyl (C=O) groups excluding carboxylic acids is 2. The second-order valence-corrected chi connectivity index (χ2v) is 8.85. The molecule has 2 amide bonds. The molecule has 1 fully saturated rings. The Balaban J connectivity index is 2.12. The molecule has 3 rings (SSSR count). The van der Waals surface area contributed by atoms with Crippen molar-refractivity contribution in [2.24, 2.45) is 5.92 Å². The fourth-order valence-electron chi connectivity index (χ4n) is 3.29. The molecular formula is C21H21ClN2O6S. The Morgan fingerprint density at radius 2 is 1.84 bits per heavy atom. The van der Waals surface area contributed by atoms with Crippen molar-refractivity contribution in [1.29, 1.82) is 0 Å². The van der Waals surface area contributed by atoms with Gasteiger partial charge in [0.2, 0.25) is 9.84 Å². The number of benzene rings is 2. The van der Waals surface area contributed by atoms with Crippen molar-refractivity contribution < 1.29 is 27.5 Å². The lowest BCUT2D eigenvalue weighted by atomic mass is 9.88. The van der Waals surface area contributed by atoms with E-state index in [1.54, 1.807) is 31.2 Å². The number of hydrogen-bond donors (Lipinski definition) is 2. The van der Waals surface area contributed by atoms with E-state index < -0.39 is 33.8 Å². The number of halogens is 1. The fourth-order valence-corrected chi connectivity index (χ4v) is 4.60. The van der Waals surface area contributed by atoms with Crippen molar-refractivity contribution in [3.63, 3.8) is 0 Å². The van der Waals surface area contributed by atoms with Gasteiger partial charge in [0.05, 0.1) is 30.1 Å². The highest BCUT2D eigenvalue weighted by atomic mass is 35.5. The molecule has 2 aromatic rings. The highest BCUT2D eigenvalue weighted by molar-refractivity contribution is 7.94. The molecule has 164 valence electrons. The number of para-hydroxylation sites is 1. The number of carbonyl (C=O) groups is 2. The van der Waals surface area contributed by atoms with Crippen molar-refractivity contribution in [3.05, 3.63) is 70.2 Å². The predicted octanol–water partition coefficient (Wildman–Crippen LogP) is 3.20. The molecule has 0 aliphatic carbocycles. The molecule has 8 nitrogen and oxygen atoms in total. The maximum atomic E-state index is 12.9. The minimum Gasteiger partial charge on any atom is -0.496 e. The number of methoxy groups -OCH3 is 1. The van der Waals surface area contributed by atoms with Gasteiger partial charge in [-0.2, -0.15) is 0 Å². The summed E-state index contributed by atoms with van der Waals surface area (Å²) in [5.74, 6) is -1.40. The van der Waals surface area contributed by atoms with Crippen LogP contribution in [-0.4, -0.2) is 34.1 Å². The first-order valence-corrected chi connectivity index (χ1v) is 11.3. The smallest absolute Gasteiger partial charge is 0.319 e. The molecule has 0 aromatic heterocycles. The third-order valence-corrected chi connectivity index (χ3v) is 6.40. The van der Waals surface area contributed by atoms with E-state index in [2.05, 4.69) is 10.6 Å². The van der Waals surface area contributed by atoms with Crippen molar-refractivity contribution in [1.82, 2.24) is 10.6 Å². The number of rotatable bonds is 6.